The summed E-state index contributed by atoms with van der Waals surface area (Å²) in [6.07, 6.45) is 0. The molecule has 10 rings (SSSR count). The molecule has 0 amide bonds. The number of anilines is 3. The van der Waals surface area contributed by atoms with Gasteiger partial charge in [0.05, 0.1) is 16.7 Å². The zero-order valence-corrected chi connectivity index (χ0v) is 30.8. The SMILES string of the molecule is c1ccc(-c2ccc(N(c3ccc(-c4ccccc4)cc3)c3ccc(-c4ccccc4-n4c5ccccc5c5c(-c6ccccc6)cccc54)cc3)cc2)cc1. The number of hydrogen-bond acceptors (Lipinski definition) is 1. The Morgan fingerprint density at radius 3 is 1.23 bits per heavy atom. The summed E-state index contributed by atoms with van der Waals surface area (Å²) in [5, 5.41) is 2.52. The fraction of sp³-hybridized carbons (Fsp3) is 0. The van der Waals surface area contributed by atoms with E-state index in [1.165, 1.54) is 60.8 Å². The Bertz CT molecular complexity index is 2830. The lowest BCUT2D eigenvalue weighted by atomic mass is 9.99. The molecule has 2 nitrogen and oxygen atoms in total. The molecule has 0 aliphatic heterocycles. The number of para-hydroxylation sites is 2. The third-order valence-corrected chi connectivity index (χ3v) is 10.8. The average Bonchev–Trinajstić information content (AvgIpc) is 3.63. The molecule has 0 N–H and O–H groups in total. The van der Waals surface area contributed by atoms with Crippen LogP contribution < -0.4 is 4.90 Å². The molecule has 9 aromatic carbocycles. The number of hydrogen-bond donors (Lipinski definition) is 0. The molecule has 0 radical (unpaired) electrons. The van der Waals surface area contributed by atoms with Crippen molar-refractivity contribution in [2.45, 2.75) is 0 Å². The number of fused-ring (bicyclic) bond motifs is 3. The zero-order chi connectivity index (χ0) is 37.3. The molecule has 1 heterocycles. The summed E-state index contributed by atoms with van der Waals surface area (Å²) < 4.78 is 2.44. The number of benzene rings is 9. The highest BCUT2D eigenvalue weighted by atomic mass is 15.1. The third-order valence-electron chi connectivity index (χ3n) is 10.8. The van der Waals surface area contributed by atoms with E-state index in [0.717, 1.165) is 28.3 Å². The van der Waals surface area contributed by atoms with Crippen LogP contribution in [-0.2, 0) is 0 Å². The van der Waals surface area contributed by atoms with Gasteiger partial charge in [0.1, 0.15) is 0 Å². The van der Waals surface area contributed by atoms with Crippen molar-refractivity contribution in [3.63, 3.8) is 0 Å². The second-order valence-electron chi connectivity index (χ2n) is 14.1. The lowest BCUT2D eigenvalue weighted by molar-refractivity contribution is 1.18. The van der Waals surface area contributed by atoms with Crippen molar-refractivity contribution in [3.8, 4) is 50.2 Å². The Hall–Kier alpha value is -7.42. The Morgan fingerprint density at radius 1 is 0.268 bits per heavy atom. The van der Waals surface area contributed by atoms with Gasteiger partial charge in [0.2, 0.25) is 0 Å². The van der Waals surface area contributed by atoms with Gasteiger partial charge in [-0.3, -0.25) is 0 Å². The maximum Gasteiger partial charge on any atom is 0.0547 e. The van der Waals surface area contributed by atoms with E-state index in [0.29, 0.717) is 0 Å². The molecule has 0 fully saturated rings. The van der Waals surface area contributed by atoms with Crippen molar-refractivity contribution in [2.75, 3.05) is 4.90 Å². The minimum absolute atomic E-state index is 1.09. The smallest absolute Gasteiger partial charge is 0.0547 e. The second-order valence-corrected chi connectivity index (χ2v) is 14.1. The van der Waals surface area contributed by atoms with Crippen LogP contribution in [0.25, 0.3) is 72.0 Å². The molecular formula is C54H38N2. The molecule has 56 heavy (non-hydrogen) atoms. The first kappa shape index (κ1) is 33.2. The van der Waals surface area contributed by atoms with Crippen molar-refractivity contribution >= 4 is 38.9 Å². The predicted molar refractivity (Wildman–Crippen MR) is 237 cm³/mol. The quantitative estimate of drug-likeness (QED) is 0.152. The Balaban J connectivity index is 1.07. The van der Waals surface area contributed by atoms with E-state index in [-0.39, 0.29) is 0 Å². The summed E-state index contributed by atoms with van der Waals surface area (Å²) in [6, 6.07) is 82.9. The minimum atomic E-state index is 1.09. The molecule has 0 bridgehead atoms. The fourth-order valence-corrected chi connectivity index (χ4v) is 8.15. The van der Waals surface area contributed by atoms with E-state index in [1.54, 1.807) is 0 Å². The Labute approximate surface area is 327 Å². The van der Waals surface area contributed by atoms with E-state index in [1.807, 2.05) is 0 Å². The fourth-order valence-electron chi connectivity index (χ4n) is 8.15. The van der Waals surface area contributed by atoms with Crippen LogP contribution in [0.3, 0.4) is 0 Å². The highest BCUT2D eigenvalue weighted by molar-refractivity contribution is 6.16. The van der Waals surface area contributed by atoms with Crippen molar-refractivity contribution in [3.05, 3.63) is 231 Å². The van der Waals surface area contributed by atoms with Crippen LogP contribution in [0.1, 0.15) is 0 Å². The van der Waals surface area contributed by atoms with Crippen LogP contribution in [0.4, 0.5) is 17.1 Å². The largest absolute Gasteiger partial charge is 0.311 e. The van der Waals surface area contributed by atoms with E-state index in [2.05, 4.69) is 240 Å². The summed E-state index contributed by atoms with van der Waals surface area (Å²) in [6.45, 7) is 0. The molecule has 0 spiro atoms. The van der Waals surface area contributed by atoms with Gasteiger partial charge in [-0.1, -0.05) is 176 Å². The molecule has 1 aromatic heterocycles. The zero-order valence-electron chi connectivity index (χ0n) is 30.8. The maximum absolute atomic E-state index is 2.44. The highest BCUT2D eigenvalue weighted by Gasteiger charge is 2.19. The van der Waals surface area contributed by atoms with Gasteiger partial charge in [0, 0.05) is 33.4 Å². The molecule has 0 unspecified atom stereocenters. The first-order chi connectivity index (χ1) is 27.8. The topological polar surface area (TPSA) is 8.17 Å². The lowest BCUT2D eigenvalue weighted by Gasteiger charge is -2.26. The lowest BCUT2D eigenvalue weighted by Crippen LogP contribution is -2.09. The second kappa shape index (κ2) is 14.4. The van der Waals surface area contributed by atoms with Gasteiger partial charge in [0.15, 0.2) is 0 Å². The summed E-state index contributed by atoms with van der Waals surface area (Å²) in [5.41, 5.74) is 16.5. The maximum atomic E-state index is 2.44. The number of rotatable bonds is 8. The van der Waals surface area contributed by atoms with Gasteiger partial charge in [-0.05, 0) is 93.5 Å². The van der Waals surface area contributed by atoms with Crippen molar-refractivity contribution in [1.29, 1.82) is 0 Å². The van der Waals surface area contributed by atoms with Gasteiger partial charge in [-0.15, -0.1) is 0 Å². The molecule has 0 saturated carbocycles. The summed E-state index contributed by atoms with van der Waals surface area (Å²) in [5.74, 6) is 0. The Kier molecular flexibility index (Phi) is 8.55. The van der Waals surface area contributed by atoms with Gasteiger partial charge in [-0.25, -0.2) is 0 Å². The molecule has 0 saturated heterocycles. The molecule has 0 atom stereocenters. The highest BCUT2D eigenvalue weighted by Crippen LogP contribution is 2.42. The average molecular weight is 715 g/mol. The van der Waals surface area contributed by atoms with Gasteiger partial charge in [-0.2, -0.15) is 0 Å². The summed E-state index contributed by atoms with van der Waals surface area (Å²) >= 11 is 0. The molecular weight excluding hydrogens is 677 g/mol. The monoisotopic (exact) mass is 714 g/mol. The molecule has 2 heteroatoms. The third kappa shape index (κ3) is 6.04. The van der Waals surface area contributed by atoms with E-state index in [9.17, 15) is 0 Å². The van der Waals surface area contributed by atoms with Crippen molar-refractivity contribution < 1.29 is 0 Å². The summed E-state index contributed by atoms with van der Waals surface area (Å²) in [7, 11) is 0. The van der Waals surface area contributed by atoms with Crippen molar-refractivity contribution in [2.24, 2.45) is 0 Å². The summed E-state index contributed by atoms with van der Waals surface area (Å²) in [4.78, 5) is 2.34. The van der Waals surface area contributed by atoms with E-state index >= 15 is 0 Å². The predicted octanol–water partition coefficient (Wildman–Crippen LogP) is 14.9. The van der Waals surface area contributed by atoms with Crippen molar-refractivity contribution in [1.82, 2.24) is 4.57 Å². The molecule has 0 aliphatic rings. The van der Waals surface area contributed by atoms with E-state index in [4.69, 9.17) is 0 Å². The molecule has 10 aromatic rings. The first-order valence-electron chi connectivity index (χ1n) is 19.2. The molecule has 0 aliphatic carbocycles. The van der Waals surface area contributed by atoms with Gasteiger partial charge in [0.25, 0.3) is 0 Å². The minimum Gasteiger partial charge on any atom is -0.311 e. The normalized spacial score (nSPS) is 11.2. The standard InChI is InChI=1S/C54H38N2/c1-4-15-39(16-5-1)41-27-33-45(34-28-41)55(46-35-29-42(30-36-46)40-17-6-2-7-18-40)47-37-31-44(32-38-47)48-21-10-12-24-51(48)56-52-25-13-11-22-50(52)54-49(23-14-26-53(54)56)43-19-8-3-9-20-43/h1-38H. The van der Waals surface area contributed by atoms with Crippen LogP contribution in [0.15, 0.2) is 231 Å². The van der Waals surface area contributed by atoms with E-state index < -0.39 is 0 Å². The van der Waals surface area contributed by atoms with Crippen LogP contribution in [0.5, 0.6) is 0 Å². The van der Waals surface area contributed by atoms with Crippen LogP contribution >= 0.6 is 0 Å². The van der Waals surface area contributed by atoms with Crippen LogP contribution in [0, 0.1) is 0 Å². The number of nitrogens with zero attached hydrogens (tertiary/aromatic N) is 2. The van der Waals surface area contributed by atoms with Gasteiger partial charge < -0.3 is 9.47 Å². The number of aromatic nitrogens is 1. The van der Waals surface area contributed by atoms with Crippen LogP contribution in [-0.4, -0.2) is 4.57 Å². The Morgan fingerprint density at radius 2 is 0.661 bits per heavy atom. The first-order valence-corrected chi connectivity index (χ1v) is 19.2. The van der Waals surface area contributed by atoms with Gasteiger partial charge >= 0.3 is 0 Å². The van der Waals surface area contributed by atoms with Crippen LogP contribution in [0.2, 0.25) is 0 Å². The molecule has 264 valence electrons.